The SMILES string of the molecule is O=C(CSCc1nc2sc3c(c2c(=O)[nH]1)CCC3)Nc1ccc(I)cc1. The number of amides is 1. The van der Waals surface area contributed by atoms with Gasteiger partial charge in [-0.2, -0.15) is 0 Å². The van der Waals surface area contributed by atoms with Crippen molar-refractivity contribution < 1.29 is 4.79 Å². The summed E-state index contributed by atoms with van der Waals surface area (Å²) in [6.45, 7) is 0. The number of nitrogens with zero attached hydrogens (tertiary/aromatic N) is 1. The van der Waals surface area contributed by atoms with Crippen molar-refractivity contribution >= 4 is 67.5 Å². The highest BCUT2D eigenvalue weighted by atomic mass is 127. The first kappa shape index (κ1) is 18.0. The van der Waals surface area contributed by atoms with E-state index in [4.69, 9.17) is 0 Å². The highest BCUT2D eigenvalue weighted by Crippen LogP contribution is 2.34. The molecular weight excluding hydrogens is 481 g/mol. The van der Waals surface area contributed by atoms with Gasteiger partial charge in [-0.1, -0.05) is 0 Å². The number of hydrogen-bond donors (Lipinski definition) is 2. The van der Waals surface area contributed by atoms with Gasteiger partial charge in [0.15, 0.2) is 0 Å². The van der Waals surface area contributed by atoms with Crippen molar-refractivity contribution in [3.05, 3.63) is 54.5 Å². The quantitative estimate of drug-likeness (QED) is 0.524. The van der Waals surface area contributed by atoms with Crippen LogP contribution < -0.4 is 10.9 Å². The van der Waals surface area contributed by atoms with Crippen molar-refractivity contribution in [3.8, 4) is 0 Å². The van der Waals surface area contributed by atoms with Crippen LogP contribution in [0.5, 0.6) is 0 Å². The first-order chi connectivity index (χ1) is 12.6. The summed E-state index contributed by atoms with van der Waals surface area (Å²) >= 11 is 5.31. The number of rotatable bonds is 5. The Bertz CT molecular complexity index is 1030. The van der Waals surface area contributed by atoms with E-state index in [1.165, 1.54) is 22.2 Å². The number of fused-ring (bicyclic) bond motifs is 3. The molecule has 2 N–H and O–H groups in total. The predicted octanol–water partition coefficient (Wildman–Crippen LogP) is 3.95. The molecule has 0 fully saturated rings. The van der Waals surface area contributed by atoms with Crippen LogP contribution in [0.1, 0.15) is 22.7 Å². The van der Waals surface area contributed by atoms with Gasteiger partial charge < -0.3 is 10.3 Å². The Morgan fingerprint density at radius 3 is 2.92 bits per heavy atom. The fourth-order valence-corrected chi connectivity index (χ4v) is 5.42. The van der Waals surface area contributed by atoms with E-state index in [9.17, 15) is 9.59 Å². The molecule has 2 heterocycles. The molecule has 1 aromatic carbocycles. The van der Waals surface area contributed by atoms with Crippen molar-refractivity contribution in [2.45, 2.75) is 25.0 Å². The highest BCUT2D eigenvalue weighted by molar-refractivity contribution is 14.1. The Morgan fingerprint density at radius 1 is 1.31 bits per heavy atom. The number of thioether (sulfide) groups is 1. The largest absolute Gasteiger partial charge is 0.325 e. The van der Waals surface area contributed by atoms with E-state index in [1.807, 2.05) is 24.3 Å². The molecule has 0 radical (unpaired) electrons. The summed E-state index contributed by atoms with van der Waals surface area (Å²) in [6, 6.07) is 7.66. The Hall–Kier alpha value is -1.39. The number of carbonyl (C=O) groups excluding carboxylic acids is 1. The number of carbonyl (C=O) groups is 1. The zero-order valence-corrected chi connectivity index (χ0v) is 17.6. The molecular formula is C18H16IN3O2S2. The van der Waals surface area contributed by atoms with Crippen molar-refractivity contribution in [3.63, 3.8) is 0 Å². The molecule has 4 rings (SSSR count). The molecule has 0 unspecified atom stereocenters. The molecule has 0 aliphatic heterocycles. The third-order valence-corrected chi connectivity index (χ3v) is 7.07. The molecule has 8 heteroatoms. The Balaban J connectivity index is 1.38. The van der Waals surface area contributed by atoms with E-state index in [-0.39, 0.29) is 11.5 Å². The van der Waals surface area contributed by atoms with Crippen molar-refractivity contribution in [1.29, 1.82) is 0 Å². The second-order valence-electron chi connectivity index (χ2n) is 6.10. The summed E-state index contributed by atoms with van der Waals surface area (Å²) in [7, 11) is 0. The predicted molar refractivity (Wildman–Crippen MR) is 116 cm³/mol. The lowest BCUT2D eigenvalue weighted by Crippen LogP contribution is -2.15. The van der Waals surface area contributed by atoms with Crippen LogP contribution in [0, 0.1) is 3.57 Å². The van der Waals surface area contributed by atoms with Crippen LogP contribution in [-0.4, -0.2) is 21.6 Å². The molecule has 5 nitrogen and oxygen atoms in total. The number of hydrogen-bond acceptors (Lipinski definition) is 5. The molecule has 0 spiro atoms. The van der Waals surface area contributed by atoms with Gasteiger partial charge >= 0.3 is 0 Å². The van der Waals surface area contributed by atoms with Gasteiger partial charge in [-0.25, -0.2) is 4.98 Å². The maximum absolute atomic E-state index is 12.4. The van der Waals surface area contributed by atoms with Crippen LogP contribution in [0.4, 0.5) is 5.69 Å². The minimum atomic E-state index is -0.0604. The third-order valence-electron chi connectivity index (χ3n) is 4.22. The first-order valence-corrected chi connectivity index (χ1v) is 11.3. The van der Waals surface area contributed by atoms with Gasteiger partial charge in [0.1, 0.15) is 10.7 Å². The fraction of sp³-hybridized carbons (Fsp3) is 0.278. The highest BCUT2D eigenvalue weighted by Gasteiger charge is 2.21. The number of anilines is 1. The standard InChI is InChI=1S/C18H16IN3O2S2/c19-10-4-6-11(7-5-10)20-15(23)9-25-8-14-21-17(24)16-12-2-1-3-13(12)26-18(16)22-14/h4-7H,1-3,8-9H2,(H,20,23)(H,21,22,24). The van der Waals surface area contributed by atoms with E-state index < -0.39 is 0 Å². The summed E-state index contributed by atoms with van der Waals surface area (Å²) in [4.78, 5) is 34.1. The van der Waals surface area contributed by atoms with Gasteiger partial charge in [-0.05, 0) is 71.7 Å². The Labute approximate surface area is 172 Å². The monoisotopic (exact) mass is 497 g/mol. The lowest BCUT2D eigenvalue weighted by molar-refractivity contribution is -0.113. The van der Waals surface area contributed by atoms with Crippen LogP contribution >= 0.6 is 45.7 Å². The fourth-order valence-electron chi connectivity index (χ4n) is 3.09. The number of aromatic nitrogens is 2. The van der Waals surface area contributed by atoms with Crippen molar-refractivity contribution in [2.24, 2.45) is 0 Å². The van der Waals surface area contributed by atoms with Gasteiger partial charge in [0, 0.05) is 14.1 Å². The minimum Gasteiger partial charge on any atom is -0.325 e. The van der Waals surface area contributed by atoms with Gasteiger partial charge in [-0.15, -0.1) is 23.1 Å². The topological polar surface area (TPSA) is 74.8 Å². The number of nitrogens with one attached hydrogen (secondary N) is 2. The van der Waals surface area contributed by atoms with E-state index >= 15 is 0 Å². The van der Waals surface area contributed by atoms with Crippen LogP contribution in [0.3, 0.4) is 0 Å². The van der Waals surface area contributed by atoms with E-state index in [1.54, 1.807) is 11.3 Å². The molecule has 1 aliphatic carbocycles. The third kappa shape index (κ3) is 3.81. The normalized spacial score (nSPS) is 13.1. The van der Waals surface area contributed by atoms with Crippen molar-refractivity contribution in [2.75, 3.05) is 11.1 Å². The molecule has 1 amide bonds. The molecule has 1 aliphatic rings. The summed E-state index contributed by atoms with van der Waals surface area (Å²) in [5.41, 5.74) is 1.93. The molecule has 0 atom stereocenters. The lowest BCUT2D eigenvalue weighted by Gasteiger charge is -2.05. The van der Waals surface area contributed by atoms with Gasteiger partial charge in [0.25, 0.3) is 5.56 Å². The molecule has 134 valence electrons. The average Bonchev–Trinajstić information content (AvgIpc) is 3.17. The number of aromatic amines is 1. The number of aryl methyl sites for hydroxylation is 2. The summed E-state index contributed by atoms with van der Waals surface area (Å²) in [5.74, 6) is 1.40. The van der Waals surface area contributed by atoms with E-state index in [0.29, 0.717) is 17.3 Å². The lowest BCUT2D eigenvalue weighted by atomic mass is 10.2. The first-order valence-electron chi connectivity index (χ1n) is 8.27. The van der Waals surface area contributed by atoms with Gasteiger partial charge in [0.2, 0.25) is 5.91 Å². The number of thiophene rings is 1. The van der Waals surface area contributed by atoms with Crippen molar-refractivity contribution in [1.82, 2.24) is 9.97 Å². The van der Waals surface area contributed by atoms with Crippen LogP contribution in [0.2, 0.25) is 0 Å². The molecule has 0 bridgehead atoms. The van der Waals surface area contributed by atoms with Gasteiger partial charge in [0.05, 0.1) is 16.9 Å². The maximum atomic E-state index is 12.4. The summed E-state index contributed by atoms with van der Waals surface area (Å²) in [6.07, 6.45) is 3.16. The van der Waals surface area contributed by atoms with Crippen LogP contribution in [0.25, 0.3) is 10.2 Å². The van der Waals surface area contributed by atoms with Crippen LogP contribution in [-0.2, 0) is 23.4 Å². The maximum Gasteiger partial charge on any atom is 0.259 e. The summed E-state index contributed by atoms with van der Waals surface area (Å²) in [5, 5.41) is 3.64. The Morgan fingerprint density at radius 2 is 2.12 bits per heavy atom. The van der Waals surface area contributed by atoms with Gasteiger partial charge in [-0.3, -0.25) is 9.59 Å². The van der Waals surface area contributed by atoms with E-state index in [0.717, 1.165) is 38.7 Å². The zero-order valence-electron chi connectivity index (χ0n) is 13.8. The second-order valence-corrected chi connectivity index (χ2v) is 9.41. The van der Waals surface area contributed by atoms with Crippen LogP contribution in [0.15, 0.2) is 29.1 Å². The molecule has 2 aromatic heterocycles. The molecule has 26 heavy (non-hydrogen) atoms. The number of halogens is 1. The molecule has 3 aromatic rings. The molecule has 0 saturated heterocycles. The summed E-state index contributed by atoms with van der Waals surface area (Å²) < 4.78 is 1.12. The number of H-pyrrole nitrogens is 1. The smallest absolute Gasteiger partial charge is 0.259 e. The minimum absolute atomic E-state index is 0.0478. The Kier molecular flexibility index (Phi) is 5.32. The molecule has 0 saturated carbocycles. The second kappa shape index (κ2) is 7.69. The number of benzene rings is 1. The zero-order chi connectivity index (χ0) is 18.1. The van der Waals surface area contributed by atoms with E-state index in [2.05, 4.69) is 37.9 Å². The average molecular weight is 497 g/mol.